The fraction of sp³-hybridized carbons (Fsp3) is 0.684. The number of nitrogens with zero attached hydrogens (tertiary/aromatic N) is 1. The van der Waals surface area contributed by atoms with E-state index in [1.165, 1.54) is 55.5 Å². The summed E-state index contributed by atoms with van der Waals surface area (Å²) in [5.74, 6) is 0. The number of aryl methyl sites for hydroxylation is 3. The van der Waals surface area contributed by atoms with Gasteiger partial charge in [0, 0.05) is 32.2 Å². The predicted octanol–water partition coefficient (Wildman–Crippen LogP) is 4.14. The van der Waals surface area contributed by atoms with Crippen LogP contribution in [-0.4, -0.2) is 31.1 Å². The molecule has 0 bridgehead atoms. The third-order valence-electron chi connectivity index (χ3n) is 4.74. The minimum Gasteiger partial charge on any atom is -0.314 e. The Morgan fingerprint density at radius 2 is 1.67 bits per heavy atom. The number of hydrogen-bond donors (Lipinski definition) is 1. The molecule has 1 aromatic carbocycles. The molecule has 0 saturated carbocycles. The minimum absolute atomic E-state index is 0.610. The minimum atomic E-state index is 0.610. The van der Waals surface area contributed by atoms with E-state index in [1.54, 1.807) is 5.56 Å². The average molecular weight is 288 g/mol. The average Bonchev–Trinajstić information content (AvgIpc) is 2.45. The Bertz CT molecular complexity index is 424. The molecule has 2 rings (SSSR count). The van der Waals surface area contributed by atoms with E-state index in [-0.39, 0.29) is 0 Å². The quantitative estimate of drug-likeness (QED) is 0.792. The second-order valence-corrected chi connectivity index (χ2v) is 6.61. The number of piperazine rings is 1. The molecule has 0 spiro atoms. The summed E-state index contributed by atoms with van der Waals surface area (Å²) < 4.78 is 0. The third kappa shape index (κ3) is 4.31. The molecule has 1 atom stereocenters. The maximum Gasteiger partial charge on any atom is 0.0354 e. The third-order valence-corrected chi connectivity index (χ3v) is 4.74. The lowest BCUT2D eigenvalue weighted by Gasteiger charge is -2.37. The highest BCUT2D eigenvalue weighted by atomic mass is 15.2. The standard InChI is InChI=1S/C19H32N2/c1-5-6-7-8-18(21-11-9-20-10-12-21)19-16(3)13-15(2)14-17(19)4/h13-14,18,20H,5-12H2,1-4H3/t18-/m0/s1. The van der Waals surface area contributed by atoms with E-state index in [2.05, 4.69) is 50.0 Å². The van der Waals surface area contributed by atoms with E-state index < -0.39 is 0 Å². The van der Waals surface area contributed by atoms with Gasteiger partial charge in [0.05, 0.1) is 0 Å². The van der Waals surface area contributed by atoms with Crippen molar-refractivity contribution in [1.82, 2.24) is 10.2 Å². The van der Waals surface area contributed by atoms with Crippen LogP contribution >= 0.6 is 0 Å². The second-order valence-electron chi connectivity index (χ2n) is 6.61. The fourth-order valence-electron chi connectivity index (χ4n) is 3.81. The topological polar surface area (TPSA) is 15.3 Å². The van der Waals surface area contributed by atoms with Crippen molar-refractivity contribution >= 4 is 0 Å². The molecule has 0 amide bonds. The van der Waals surface area contributed by atoms with Crippen molar-refractivity contribution in [1.29, 1.82) is 0 Å². The molecular formula is C19H32N2. The van der Waals surface area contributed by atoms with Gasteiger partial charge in [-0.2, -0.15) is 0 Å². The molecule has 2 nitrogen and oxygen atoms in total. The summed E-state index contributed by atoms with van der Waals surface area (Å²) in [6.45, 7) is 13.7. The molecule has 1 aromatic rings. The van der Waals surface area contributed by atoms with Crippen LogP contribution in [0.1, 0.15) is 60.9 Å². The zero-order valence-corrected chi connectivity index (χ0v) is 14.3. The van der Waals surface area contributed by atoms with Crippen molar-refractivity contribution < 1.29 is 0 Å². The molecule has 1 aliphatic heterocycles. The van der Waals surface area contributed by atoms with Gasteiger partial charge in [-0.1, -0.05) is 43.9 Å². The SMILES string of the molecule is CCCCC[C@@H](c1c(C)cc(C)cc1C)N1CCNCC1. The second kappa shape index (κ2) is 7.95. The van der Waals surface area contributed by atoms with E-state index in [0.717, 1.165) is 13.1 Å². The normalized spacial score (nSPS) is 17.9. The van der Waals surface area contributed by atoms with Gasteiger partial charge in [0.1, 0.15) is 0 Å². The van der Waals surface area contributed by atoms with Crippen molar-refractivity contribution in [3.63, 3.8) is 0 Å². The first-order valence-electron chi connectivity index (χ1n) is 8.66. The highest BCUT2D eigenvalue weighted by Crippen LogP contribution is 2.32. The monoisotopic (exact) mass is 288 g/mol. The molecule has 1 N–H and O–H groups in total. The number of nitrogens with one attached hydrogen (secondary N) is 1. The summed E-state index contributed by atoms with van der Waals surface area (Å²) in [5, 5.41) is 3.48. The Labute approximate surface area is 130 Å². The first-order chi connectivity index (χ1) is 10.1. The van der Waals surface area contributed by atoms with Gasteiger partial charge in [-0.05, 0) is 43.9 Å². The van der Waals surface area contributed by atoms with Crippen LogP contribution < -0.4 is 5.32 Å². The van der Waals surface area contributed by atoms with Gasteiger partial charge < -0.3 is 5.32 Å². The molecule has 0 aromatic heterocycles. The van der Waals surface area contributed by atoms with Gasteiger partial charge in [0.25, 0.3) is 0 Å². The van der Waals surface area contributed by atoms with E-state index >= 15 is 0 Å². The lowest BCUT2D eigenvalue weighted by Crippen LogP contribution is -2.45. The summed E-state index contributed by atoms with van der Waals surface area (Å²) in [4.78, 5) is 2.71. The maximum absolute atomic E-state index is 3.48. The van der Waals surface area contributed by atoms with Gasteiger partial charge in [-0.25, -0.2) is 0 Å². The maximum atomic E-state index is 3.48. The zero-order valence-electron chi connectivity index (χ0n) is 14.3. The Balaban J connectivity index is 2.25. The highest BCUT2D eigenvalue weighted by molar-refractivity contribution is 5.39. The lowest BCUT2D eigenvalue weighted by molar-refractivity contribution is 0.162. The van der Waals surface area contributed by atoms with Crippen LogP contribution in [0, 0.1) is 20.8 Å². The van der Waals surface area contributed by atoms with Crippen molar-refractivity contribution in [2.24, 2.45) is 0 Å². The predicted molar refractivity (Wildman–Crippen MR) is 92.0 cm³/mol. The van der Waals surface area contributed by atoms with Gasteiger partial charge >= 0.3 is 0 Å². The molecule has 1 heterocycles. The van der Waals surface area contributed by atoms with Gasteiger partial charge in [-0.15, -0.1) is 0 Å². The molecule has 0 aliphatic carbocycles. The largest absolute Gasteiger partial charge is 0.314 e. The molecule has 1 saturated heterocycles. The highest BCUT2D eigenvalue weighted by Gasteiger charge is 2.24. The summed E-state index contributed by atoms with van der Waals surface area (Å²) in [5.41, 5.74) is 5.94. The molecular weight excluding hydrogens is 256 g/mol. The van der Waals surface area contributed by atoms with E-state index in [0.29, 0.717) is 6.04 Å². The number of benzene rings is 1. The van der Waals surface area contributed by atoms with Crippen molar-refractivity contribution in [3.05, 3.63) is 34.4 Å². The Morgan fingerprint density at radius 3 is 2.24 bits per heavy atom. The fourth-order valence-corrected chi connectivity index (χ4v) is 3.81. The summed E-state index contributed by atoms with van der Waals surface area (Å²) in [6.07, 6.45) is 5.31. The number of unbranched alkanes of at least 4 members (excludes halogenated alkanes) is 2. The molecule has 2 heteroatoms. The first-order valence-corrected chi connectivity index (χ1v) is 8.66. The Hall–Kier alpha value is -0.860. The number of hydrogen-bond acceptors (Lipinski definition) is 2. The van der Waals surface area contributed by atoms with Crippen LogP contribution in [0.3, 0.4) is 0 Å². The van der Waals surface area contributed by atoms with Crippen molar-refractivity contribution in [2.45, 2.75) is 59.4 Å². The van der Waals surface area contributed by atoms with Crippen LogP contribution in [0.15, 0.2) is 12.1 Å². The van der Waals surface area contributed by atoms with Crippen molar-refractivity contribution in [2.75, 3.05) is 26.2 Å². The molecule has 0 unspecified atom stereocenters. The van der Waals surface area contributed by atoms with E-state index in [1.807, 2.05) is 0 Å². The van der Waals surface area contributed by atoms with Crippen LogP contribution in [0.5, 0.6) is 0 Å². The Morgan fingerprint density at radius 1 is 1.05 bits per heavy atom. The van der Waals surface area contributed by atoms with Crippen LogP contribution in [-0.2, 0) is 0 Å². The van der Waals surface area contributed by atoms with E-state index in [9.17, 15) is 0 Å². The summed E-state index contributed by atoms with van der Waals surface area (Å²) in [7, 11) is 0. The van der Waals surface area contributed by atoms with Crippen LogP contribution in [0.4, 0.5) is 0 Å². The molecule has 1 aliphatic rings. The Kier molecular flexibility index (Phi) is 6.25. The molecule has 0 radical (unpaired) electrons. The van der Waals surface area contributed by atoms with Crippen molar-refractivity contribution in [3.8, 4) is 0 Å². The van der Waals surface area contributed by atoms with Gasteiger partial charge in [0.15, 0.2) is 0 Å². The zero-order chi connectivity index (χ0) is 15.2. The first kappa shape index (κ1) is 16.5. The van der Waals surface area contributed by atoms with E-state index in [4.69, 9.17) is 0 Å². The molecule has 21 heavy (non-hydrogen) atoms. The molecule has 118 valence electrons. The molecule has 1 fully saturated rings. The summed E-state index contributed by atoms with van der Waals surface area (Å²) >= 11 is 0. The number of rotatable bonds is 6. The lowest BCUT2D eigenvalue weighted by atomic mass is 9.89. The van der Waals surface area contributed by atoms with Gasteiger partial charge in [0.2, 0.25) is 0 Å². The summed E-state index contributed by atoms with van der Waals surface area (Å²) in [6, 6.07) is 5.33. The van der Waals surface area contributed by atoms with Crippen LogP contribution in [0.25, 0.3) is 0 Å². The van der Waals surface area contributed by atoms with Crippen LogP contribution in [0.2, 0.25) is 0 Å². The van der Waals surface area contributed by atoms with Gasteiger partial charge in [-0.3, -0.25) is 4.90 Å². The smallest absolute Gasteiger partial charge is 0.0354 e.